The van der Waals surface area contributed by atoms with Gasteiger partial charge in [-0.3, -0.25) is 4.79 Å². The summed E-state index contributed by atoms with van der Waals surface area (Å²) in [7, 11) is 0. The Hall–Kier alpha value is -1.49. The second-order valence-corrected chi connectivity index (χ2v) is 4.79. The van der Waals surface area contributed by atoms with Crippen LogP contribution in [-0.4, -0.2) is 21.1 Å². The Morgan fingerprint density at radius 2 is 2.11 bits per heavy atom. The molecule has 0 aromatic carbocycles. The third-order valence-electron chi connectivity index (χ3n) is 2.81. The van der Waals surface area contributed by atoms with E-state index in [4.69, 9.17) is 0 Å². The molecule has 0 N–H and O–H groups in total. The van der Waals surface area contributed by atoms with Gasteiger partial charge in [-0.15, -0.1) is 0 Å². The van der Waals surface area contributed by atoms with E-state index >= 15 is 0 Å². The molecule has 2 aromatic heterocycles. The molecule has 0 unspecified atom stereocenters. The highest BCUT2D eigenvalue weighted by molar-refractivity contribution is 9.10. The average Bonchev–Trinajstić information content (AvgIpc) is 2.77. The third kappa shape index (κ3) is 2.22. The van der Waals surface area contributed by atoms with E-state index in [-0.39, 0.29) is 0 Å². The van der Waals surface area contributed by atoms with Gasteiger partial charge in [0.05, 0.1) is 17.0 Å². The van der Waals surface area contributed by atoms with Gasteiger partial charge in [-0.2, -0.15) is 5.10 Å². The second kappa shape index (κ2) is 5.44. The highest BCUT2D eigenvalue weighted by Gasteiger charge is 2.16. The van der Waals surface area contributed by atoms with Gasteiger partial charge in [0.1, 0.15) is 0 Å². The SMILES string of the molecule is CCc1nn(-c2ccc(Br)cn2)c(CC)c1C=O. The Kier molecular flexibility index (Phi) is 3.91. The maximum Gasteiger partial charge on any atom is 0.153 e. The molecule has 0 aliphatic carbocycles. The molecule has 94 valence electrons. The molecule has 0 aliphatic rings. The van der Waals surface area contributed by atoms with E-state index in [1.165, 1.54) is 0 Å². The fourth-order valence-corrected chi connectivity index (χ4v) is 2.17. The molecule has 0 saturated carbocycles. The maximum atomic E-state index is 11.2. The lowest BCUT2D eigenvalue weighted by Gasteiger charge is -2.04. The van der Waals surface area contributed by atoms with Crippen molar-refractivity contribution in [1.29, 1.82) is 0 Å². The molecule has 2 heterocycles. The van der Waals surface area contributed by atoms with Crippen molar-refractivity contribution < 1.29 is 4.79 Å². The number of aldehydes is 1. The van der Waals surface area contributed by atoms with Crippen LogP contribution in [0, 0.1) is 0 Å². The molecule has 0 radical (unpaired) electrons. The fourth-order valence-electron chi connectivity index (χ4n) is 1.94. The molecular weight excluding hydrogens is 294 g/mol. The Labute approximate surface area is 114 Å². The number of carbonyl (C=O) groups is 1. The maximum absolute atomic E-state index is 11.2. The minimum absolute atomic E-state index is 0.699. The first kappa shape index (κ1) is 13.0. The topological polar surface area (TPSA) is 47.8 Å². The highest BCUT2D eigenvalue weighted by Crippen LogP contribution is 2.18. The average molecular weight is 308 g/mol. The zero-order valence-corrected chi connectivity index (χ0v) is 11.9. The normalized spacial score (nSPS) is 10.6. The second-order valence-electron chi connectivity index (χ2n) is 3.88. The third-order valence-corrected chi connectivity index (χ3v) is 3.28. The number of pyridine rings is 1. The molecule has 0 spiro atoms. The van der Waals surface area contributed by atoms with E-state index in [0.29, 0.717) is 5.56 Å². The van der Waals surface area contributed by atoms with Crippen molar-refractivity contribution in [2.45, 2.75) is 26.7 Å². The number of hydrogen-bond acceptors (Lipinski definition) is 3. The van der Waals surface area contributed by atoms with Crippen molar-refractivity contribution in [1.82, 2.24) is 14.8 Å². The molecule has 2 aromatic rings. The first-order valence-electron chi connectivity index (χ1n) is 5.89. The standard InChI is InChI=1S/C13H14BrN3O/c1-3-11-10(8-18)12(4-2)17(16-11)13-6-5-9(14)7-15-13/h5-8H,3-4H2,1-2H3. The van der Waals surface area contributed by atoms with E-state index in [9.17, 15) is 4.79 Å². The minimum Gasteiger partial charge on any atom is -0.298 e. The van der Waals surface area contributed by atoms with E-state index < -0.39 is 0 Å². The Morgan fingerprint density at radius 3 is 2.61 bits per heavy atom. The van der Waals surface area contributed by atoms with Crippen molar-refractivity contribution in [3.05, 3.63) is 39.8 Å². The van der Waals surface area contributed by atoms with Crippen LogP contribution in [0.1, 0.15) is 35.6 Å². The summed E-state index contributed by atoms with van der Waals surface area (Å²) in [5, 5.41) is 4.48. The number of aromatic nitrogens is 3. The molecule has 0 bridgehead atoms. The summed E-state index contributed by atoms with van der Waals surface area (Å²) < 4.78 is 2.68. The number of hydrogen-bond donors (Lipinski definition) is 0. The number of carbonyl (C=O) groups excluding carboxylic acids is 1. The van der Waals surface area contributed by atoms with Crippen molar-refractivity contribution in [3.8, 4) is 5.82 Å². The minimum atomic E-state index is 0.699. The number of rotatable bonds is 4. The van der Waals surface area contributed by atoms with Crippen LogP contribution in [0.3, 0.4) is 0 Å². The molecule has 0 amide bonds. The zero-order chi connectivity index (χ0) is 13.1. The quantitative estimate of drug-likeness (QED) is 0.816. The Bertz CT molecular complexity index is 560. The smallest absolute Gasteiger partial charge is 0.153 e. The van der Waals surface area contributed by atoms with Crippen LogP contribution in [0.2, 0.25) is 0 Å². The number of aryl methyl sites for hydroxylation is 1. The van der Waals surface area contributed by atoms with Crippen LogP contribution in [0.4, 0.5) is 0 Å². The molecule has 0 saturated heterocycles. The van der Waals surface area contributed by atoms with Gasteiger partial charge in [0.15, 0.2) is 12.1 Å². The first-order valence-corrected chi connectivity index (χ1v) is 6.68. The molecule has 0 aliphatic heterocycles. The van der Waals surface area contributed by atoms with Crippen molar-refractivity contribution in [2.75, 3.05) is 0 Å². The summed E-state index contributed by atoms with van der Waals surface area (Å²) in [6, 6.07) is 3.79. The fraction of sp³-hybridized carbons (Fsp3) is 0.308. The molecular formula is C13H14BrN3O. The highest BCUT2D eigenvalue weighted by atomic mass is 79.9. The van der Waals surface area contributed by atoms with E-state index in [2.05, 4.69) is 26.0 Å². The molecule has 5 heteroatoms. The van der Waals surface area contributed by atoms with Gasteiger partial charge >= 0.3 is 0 Å². The van der Waals surface area contributed by atoms with Crippen LogP contribution in [-0.2, 0) is 12.8 Å². The number of nitrogens with zero attached hydrogens (tertiary/aromatic N) is 3. The summed E-state index contributed by atoms with van der Waals surface area (Å²) >= 11 is 3.35. The van der Waals surface area contributed by atoms with Crippen LogP contribution in [0.5, 0.6) is 0 Å². The Balaban J connectivity index is 2.59. The van der Waals surface area contributed by atoms with Gasteiger partial charge in [-0.25, -0.2) is 9.67 Å². The zero-order valence-electron chi connectivity index (χ0n) is 10.4. The monoisotopic (exact) mass is 307 g/mol. The largest absolute Gasteiger partial charge is 0.298 e. The summed E-state index contributed by atoms with van der Waals surface area (Å²) in [6.45, 7) is 4.01. The molecule has 0 atom stereocenters. The first-order chi connectivity index (χ1) is 8.71. The van der Waals surface area contributed by atoms with Gasteiger partial charge in [0.2, 0.25) is 0 Å². The lowest BCUT2D eigenvalue weighted by Crippen LogP contribution is -2.04. The summed E-state index contributed by atoms with van der Waals surface area (Å²) in [6.07, 6.45) is 4.10. The predicted molar refractivity (Wildman–Crippen MR) is 73.2 cm³/mol. The van der Waals surface area contributed by atoms with Crippen LogP contribution in [0.25, 0.3) is 5.82 Å². The van der Waals surface area contributed by atoms with Gasteiger partial charge in [0, 0.05) is 10.7 Å². The van der Waals surface area contributed by atoms with Gasteiger partial charge < -0.3 is 0 Å². The van der Waals surface area contributed by atoms with Gasteiger partial charge in [-0.05, 0) is 40.9 Å². The van der Waals surface area contributed by atoms with Crippen molar-refractivity contribution >= 4 is 22.2 Å². The molecule has 4 nitrogen and oxygen atoms in total. The van der Waals surface area contributed by atoms with Crippen molar-refractivity contribution in [3.63, 3.8) is 0 Å². The molecule has 18 heavy (non-hydrogen) atoms. The summed E-state index contributed by atoms with van der Waals surface area (Å²) in [5.74, 6) is 0.734. The summed E-state index contributed by atoms with van der Waals surface area (Å²) in [5.41, 5.74) is 2.44. The lowest BCUT2D eigenvalue weighted by atomic mass is 10.1. The van der Waals surface area contributed by atoms with E-state index in [0.717, 1.165) is 40.8 Å². The van der Waals surface area contributed by atoms with E-state index in [1.54, 1.807) is 10.9 Å². The van der Waals surface area contributed by atoms with Gasteiger partial charge in [0.25, 0.3) is 0 Å². The Morgan fingerprint density at radius 1 is 1.33 bits per heavy atom. The van der Waals surface area contributed by atoms with Gasteiger partial charge in [-0.1, -0.05) is 13.8 Å². The van der Waals surface area contributed by atoms with E-state index in [1.807, 2.05) is 26.0 Å². The molecule has 2 rings (SSSR count). The predicted octanol–water partition coefficient (Wildman–Crippen LogP) is 2.97. The lowest BCUT2D eigenvalue weighted by molar-refractivity contribution is 0.112. The van der Waals surface area contributed by atoms with Crippen LogP contribution >= 0.6 is 15.9 Å². The van der Waals surface area contributed by atoms with Crippen LogP contribution in [0.15, 0.2) is 22.8 Å². The number of halogens is 1. The van der Waals surface area contributed by atoms with Crippen LogP contribution < -0.4 is 0 Å². The molecule has 0 fully saturated rings. The summed E-state index contributed by atoms with van der Waals surface area (Å²) in [4.78, 5) is 15.5. The van der Waals surface area contributed by atoms with Crippen molar-refractivity contribution in [2.24, 2.45) is 0 Å².